The quantitative estimate of drug-likeness (QED) is 0.146. The average Bonchev–Trinajstić information content (AvgIpc) is 3.08. The number of aliphatic hydroxyl groups excluding tert-OH is 11. The van der Waals surface area contributed by atoms with Gasteiger partial charge >= 0.3 is 0 Å². The molecule has 0 aromatic carbocycles. The predicted octanol–water partition coefficient (Wildman–Crippen LogP) is -7.57. The van der Waals surface area contributed by atoms with Gasteiger partial charge in [0, 0.05) is 0 Å². The molecule has 0 bridgehead atoms. The SMILES string of the molecule is OCC1O[C@H](OCC2O[C@H](O[C@]3(CO)O[C@H](CO)[C@H](O)C3O)C(O)[C@H](O)[C@@H]2O)C(O)[C@H](O)[C@H]1O. The van der Waals surface area contributed by atoms with Crippen molar-refractivity contribution in [2.75, 3.05) is 26.4 Å². The molecule has 0 radical (unpaired) electrons. The summed E-state index contributed by atoms with van der Waals surface area (Å²) >= 11 is 0. The highest BCUT2D eigenvalue weighted by Crippen LogP contribution is 2.36. The van der Waals surface area contributed by atoms with Gasteiger partial charge in [-0.05, 0) is 0 Å². The van der Waals surface area contributed by atoms with Gasteiger partial charge in [-0.1, -0.05) is 0 Å². The van der Waals surface area contributed by atoms with Crippen LogP contribution in [-0.4, -0.2) is 168 Å². The van der Waals surface area contributed by atoms with Crippen LogP contribution in [-0.2, 0) is 23.7 Å². The smallest absolute Gasteiger partial charge is 0.224 e. The Morgan fingerprint density at radius 3 is 1.65 bits per heavy atom. The van der Waals surface area contributed by atoms with E-state index in [2.05, 4.69) is 0 Å². The van der Waals surface area contributed by atoms with E-state index in [4.69, 9.17) is 23.7 Å². The van der Waals surface area contributed by atoms with E-state index in [1.165, 1.54) is 0 Å². The van der Waals surface area contributed by atoms with Crippen molar-refractivity contribution in [2.45, 2.75) is 85.5 Å². The van der Waals surface area contributed by atoms with Crippen LogP contribution in [0.5, 0.6) is 0 Å². The van der Waals surface area contributed by atoms with E-state index in [9.17, 15) is 56.2 Å². The van der Waals surface area contributed by atoms with Gasteiger partial charge in [0.05, 0.1) is 19.8 Å². The third-order valence-electron chi connectivity index (χ3n) is 6.16. The summed E-state index contributed by atoms with van der Waals surface area (Å²) in [5.74, 6) is -2.36. The first-order valence-electron chi connectivity index (χ1n) is 10.6. The first-order valence-corrected chi connectivity index (χ1v) is 10.6. The van der Waals surface area contributed by atoms with Gasteiger partial charge in [0.2, 0.25) is 5.79 Å². The molecule has 14 atom stereocenters. The molecule has 3 fully saturated rings. The van der Waals surface area contributed by atoms with Crippen molar-refractivity contribution in [1.82, 2.24) is 0 Å². The lowest BCUT2D eigenvalue weighted by atomic mass is 9.98. The zero-order chi connectivity index (χ0) is 25.4. The maximum atomic E-state index is 10.3. The Labute approximate surface area is 192 Å². The normalized spacial score (nSPS) is 52.1. The van der Waals surface area contributed by atoms with E-state index < -0.39 is 112 Å². The van der Waals surface area contributed by atoms with Crippen molar-refractivity contribution >= 4 is 0 Å². The van der Waals surface area contributed by atoms with Crippen molar-refractivity contribution in [3.05, 3.63) is 0 Å². The van der Waals surface area contributed by atoms with E-state index in [0.29, 0.717) is 0 Å². The maximum Gasteiger partial charge on any atom is 0.224 e. The van der Waals surface area contributed by atoms with Crippen molar-refractivity contribution in [1.29, 1.82) is 0 Å². The number of hydrogen-bond donors (Lipinski definition) is 11. The molecule has 3 aliphatic heterocycles. The molecule has 3 aliphatic rings. The van der Waals surface area contributed by atoms with E-state index >= 15 is 0 Å². The van der Waals surface area contributed by atoms with Crippen LogP contribution in [0.1, 0.15) is 0 Å². The van der Waals surface area contributed by atoms with E-state index in [0.717, 1.165) is 0 Å². The Morgan fingerprint density at radius 1 is 0.588 bits per heavy atom. The molecule has 0 aromatic rings. The number of aliphatic hydroxyl groups is 11. The van der Waals surface area contributed by atoms with Gasteiger partial charge in [-0.15, -0.1) is 0 Å². The molecule has 0 spiro atoms. The number of ether oxygens (including phenoxy) is 5. The summed E-state index contributed by atoms with van der Waals surface area (Å²) < 4.78 is 26.4. The standard InChI is InChI=1S/C18H32O16/c19-1-5-8(22)11(25)13(27)16(31-5)30-3-7-9(23)12(26)14(28)17(32-7)34-18(4-21)15(29)10(24)6(2-20)33-18/h5-17,19-29H,1-4H2/t5?,6-,7?,8+,9-,10+,11-,12-,13?,14?,15?,16+,17-,18+/m1/s1. The summed E-state index contributed by atoms with van der Waals surface area (Å²) in [4.78, 5) is 0. The van der Waals surface area contributed by atoms with Crippen LogP contribution in [0.4, 0.5) is 0 Å². The van der Waals surface area contributed by atoms with Crippen molar-refractivity contribution < 1.29 is 79.9 Å². The molecule has 3 heterocycles. The van der Waals surface area contributed by atoms with Gasteiger partial charge in [-0.3, -0.25) is 0 Å². The van der Waals surface area contributed by atoms with Crippen LogP contribution >= 0.6 is 0 Å². The molecule has 5 unspecified atom stereocenters. The van der Waals surface area contributed by atoms with Gasteiger partial charge in [-0.2, -0.15) is 0 Å². The molecule has 0 aliphatic carbocycles. The Hall–Kier alpha value is -0.640. The van der Waals surface area contributed by atoms with Crippen molar-refractivity contribution in [2.24, 2.45) is 0 Å². The third kappa shape index (κ3) is 5.09. The van der Waals surface area contributed by atoms with E-state index in [1.54, 1.807) is 0 Å². The van der Waals surface area contributed by atoms with Gasteiger partial charge in [0.25, 0.3) is 0 Å². The van der Waals surface area contributed by atoms with Crippen molar-refractivity contribution in [3.63, 3.8) is 0 Å². The van der Waals surface area contributed by atoms with Crippen LogP contribution in [0.25, 0.3) is 0 Å². The highest BCUT2D eigenvalue weighted by molar-refractivity contribution is 4.98. The third-order valence-corrected chi connectivity index (χ3v) is 6.16. The molecule has 0 saturated carbocycles. The largest absolute Gasteiger partial charge is 0.394 e. The van der Waals surface area contributed by atoms with Crippen LogP contribution in [0.3, 0.4) is 0 Å². The highest BCUT2D eigenvalue weighted by Gasteiger charge is 2.58. The Morgan fingerprint density at radius 2 is 1.12 bits per heavy atom. The minimum absolute atomic E-state index is 0.634. The summed E-state index contributed by atoms with van der Waals surface area (Å²) in [5, 5.41) is 109. The summed E-state index contributed by atoms with van der Waals surface area (Å²) in [7, 11) is 0. The molecule has 3 saturated heterocycles. The van der Waals surface area contributed by atoms with Crippen LogP contribution in [0.15, 0.2) is 0 Å². The maximum absolute atomic E-state index is 10.3. The molecule has 0 amide bonds. The molecular weight excluding hydrogens is 472 g/mol. The fraction of sp³-hybridized carbons (Fsp3) is 1.00. The lowest BCUT2D eigenvalue weighted by molar-refractivity contribution is -0.388. The average molecular weight is 504 g/mol. The van der Waals surface area contributed by atoms with E-state index in [-0.39, 0.29) is 0 Å². The Balaban J connectivity index is 1.69. The summed E-state index contributed by atoms with van der Waals surface area (Å²) in [6, 6.07) is 0. The number of rotatable bonds is 8. The fourth-order valence-corrected chi connectivity index (χ4v) is 4.01. The highest BCUT2D eigenvalue weighted by atomic mass is 16.8. The van der Waals surface area contributed by atoms with Crippen LogP contribution in [0.2, 0.25) is 0 Å². The summed E-state index contributed by atoms with van der Waals surface area (Å²) in [6.07, 6.45) is -21.8. The zero-order valence-corrected chi connectivity index (χ0v) is 17.8. The second kappa shape index (κ2) is 11.2. The topological polar surface area (TPSA) is 269 Å². The molecule has 11 N–H and O–H groups in total. The Bertz CT molecular complexity index is 653. The summed E-state index contributed by atoms with van der Waals surface area (Å²) in [5.41, 5.74) is 0. The van der Waals surface area contributed by atoms with Gasteiger partial charge in [0.1, 0.15) is 73.8 Å². The molecule has 34 heavy (non-hydrogen) atoms. The van der Waals surface area contributed by atoms with E-state index in [1.807, 2.05) is 0 Å². The fourth-order valence-electron chi connectivity index (χ4n) is 4.01. The molecule has 16 heteroatoms. The predicted molar refractivity (Wildman–Crippen MR) is 101 cm³/mol. The molecule has 0 aromatic heterocycles. The van der Waals surface area contributed by atoms with Gasteiger partial charge in [0.15, 0.2) is 12.6 Å². The first kappa shape index (κ1) is 27.9. The van der Waals surface area contributed by atoms with Gasteiger partial charge < -0.3 is 79.9 Å². The molecule has 200 valence electrons. The molecule has 3 rings (SSSR count). The lowest BCUT2D eigenvalue weighted by Gasteiger charge is -2.44. The van der Waals surface area contributed by atoms with Crippen LogP contribution in [0, 0.1) is 0 Å². The minimum atomic E-state index is -2.36. The second-order valence-electron chi connectivity index (χ2n) is 8.41. The number of hydrogen-bond acceptors (Lipinski definition) is 16. The molecular formula is C18H32O16. The second-order valence-corrected chi connectivity index (χ2v) is 8.41. The zero-order valence-electron chi connectivity index (χ0n) is 17.8. The lowest BCUT2D eigenvalue weighted by Crippen LogP contribution is -2.63. The summed E-state index contributed by atoms with van der Waals surface area (Å²) in [6.45, 7) is -3.14. The first-order chi connectivity index (χ1) is 16.0. The monoisotopic (exact) mass is 504 g/mol. The Kier molecular flexibility index (Phi) is 9.18. The van der Waals surface area contributed by atoms with Crippen molar-refractivity contribution in [3.8, 4) is 0 Å². The molecule has 16 nitrogen and oxygen atoms in total. The minimum Gasteiger partial charge on any atom is -0.394 e. The van der Waals surface area contributed by atoms with Crippen LogP contribution < -0.4 is 0 Å². The van der Waals surface area contributed by atoms with Gasteiger partial charge in [-0.25, -0.2) is 0 Å².